The molecule has 0 heterocycles. The van der Waals surface area contributed by atoms with Crippen LogP contribution in [0.15, 0.2) is 24.3 Å². The average molecular weight is 184 g/mol. The van der Waals surface area contributed by atoms with E-state index in [0.29, 0.717) is 6.04 Å². The normalized spacial score (nSPS) is 12.9. The van der Waals surface area contributed by atoms with E-state index in [1.807, 2.05) is 25.2 Å². The van der Waals surface area contributed by atoms with Crippen LogP contribution in [-0.2, 0) is 6.42 Å². The molecule has 1 rings (SSSR count). The minimum Gasteiger partial charge on any atom is -0.317 e. The molecule has 0 saturated carbocycles. The van der Waals surface area contributed by atoms with Gasteiger partial charge in [-0.05, 0) is 38.1 Å². The van der Waals surface area contributed by atoms with Crippen LogP contribution in [0.1, 0.15) is 12.5 Å². The van der Waals surface area contributed by atoms with Gasteiger partial charge >= 0.3 is 0 Å². The zero-order chi connectivity index (χ0) is 8.97. The van der Waals surface area contributed by atoms with E-state index in [-0.39, 0.29) is 0 Å². The van der Waals surface area contributed by atoms with Crippen LogP contribution in [0.2, 0.25) is 5.02 Å². The van der Waals surface area contributed by atoms with Crippen LogP contribution in [0, 0.1) is 0 Å². The summed E-state index contributed by atoms with van der Waals surface area (Å²) in [4.78, 5) is 0. The molecule has 1 aromatic carbocycles. The molecule has 0 amide bonds. The molecular formula is C10H14ClN. The second-order valence-electron chi connectivity index (χ2n) is 3.02. The molecule has 0 fully saturated rings. The van der Waals surface area contributed by atoms with Crippen LogP contribution >= 0.6 is 11.6 Å². The highest BCUT2D eigenvalue weighted by molar-refractivity contribution is 6.30. The molecule has 0 aliphatic heterocycles. The predicted octanol–water partition coefficient (Wildman–Crippen LogP) is 2.49. The first kappa shape index (κ1) is 9.56. The fourth-order valence-corrected chi connectivity index (χ4v) is 1.33. The van der Waals surface area contributed by atoms with Gasteiger partial charge in [-0.3, -0.25) is 0 Å². The van der Waals surface area contributed by atoms with Gasteiger partial charge in [0, 0.05) is 11.1 Å². The highest BCUT2D eigenvalue weighted by Crippen LogP contribution is 2.11. The summed E-state index contributed by atoms with van der Waals surface area (Å²) in [6, 6.07) is 8.49. The van der Waals surface area contributed by atoms with Gasteiger partial charge in [-0.1, -0.05) is 23.7 Å². The smallest absolute Gasteiger partial charge is 0.0408 e. The van der Waals surface area contributed by atoms with E-state index in [1.54, 1.807) is 0 Å². The van der Waals surface area contributed by atoms with Crippen LogP contribution in [-0.4, -0.2) is 13.1 Å². The molecule has 0 bridgehead atoms. The lowest BCUT2D eigenvalue weighted by Crippen LogP contribution is -2.23. The Morgan fingerprint density at radius 2 is 2.25 bits per heavy atom. The van der Waals surface area contributed by atoms with Crippen LogP contribution < -0.4 is 5.32 Å². The van der Waals surface area contributed by atoms with Crippen molar-refractivity contribution in [1.82, 2.24) is 5.32 Å². The first-order valence-corrected chi connectivity index (χ1v) is 4.52. The summed E-state index contributed by atoms with van der Waals surface area (Å²) < 4.78 is 0. The first-order valence-electron chi connectivity index (χ1n) is 4.14. The zero-order valence-corrected chi connectivity index (χ0v) is 8.23. The van der Waals surface area contributed by atoms with E-state index in [9.17, 15) is 0 Å². The quantitative estimate of drug-likeness (QED) is 0.760. The number of hydrogen-bond donors (Lipinski definition) is 1. The summed E-state index contributed by atoms with van der Waals surface area (Å²) in [7, 11) is 1.97. The van der Waals surface area contributed by atoms with Gasteiger partial charge < -0.3 is 5.32 Å². The molecule has 66 valence electrons. The highest BCUT2D eigenvalue weighted by atomic mass is 35.5. The van der Waals surface area contributed by atoms with Crippen molar-refractivity contribution in [2.75, 3.05) is 7.05 Å². The largest absolute Gasteiger partial charge is 0.317 e. The third-order valence-corrected chi connectivity index (χ3v) is 2.16. The summed E-state index contributed by atoms with van der Waals surface area (Å²) in [6.45, 7) is 2.15. The van der Waals surface area contributed by atoms with E-state index < -0.39 is 0 Å². The van der Waals surface area contributed by atoms with E-state index >= 15 is 0 Å². The Hall–Kier alpha value is -0.530. The van der Waals surface area contributed by atoms with Crippen LogP contribution in [0.4, 0.5) is 0 Å². The lowest BCUT2D eigenvalue weighted by Gasteiger charge is -2.09. The Morgan fingerprint density at radius 1 is 1.50 bits per heavy atom. The van der Waals surface area contributed by atoms with Crippen LogP contribution in [0.25, 0.3) is 0 Å². The monoisotopic (exact) mass is 183 g/mol. The molecule has 1 N–H and O–H groups in total. The number of nitrogens with one attached hydrogen (secondary N) is 1. The first-order chi connectivity index (χ1) is 5.72. The molecule has 0 aliphatic carbocycles. The summed E-state index contributed by atoms with van der Waals surface area (Å²) in [5.74, 6) is 0. The maximum Gasteiger partial charge on any atom is 0.0408 e. The molecule has 1 atom stereocenters. The van der Waals surface area contributed by atoms with E-state index in [4.69, 9.17) is 11.6 Å². The second-order valence-corrected chi connectivity index (χ2v) is 3.46. The maximum atomic E-state index is 5.85. The number of rotatable bonds is 3. The molecule has 0 radical (unpaired) electrons. The maximum absolute atomic E-state index is 5.85. The van der Waals surface area contributed by atoms with E-state index in [1.165, 1.54) is 5.56 Å². The van der Waals surface area contributed by atoms with Gasteiger partial charge in [0.05, 0.1) is 0 Å². The van der Waals surface area contributed by atoms with Crippen molar-refractivity contribution in [2.45, 2.75) is 19.4 Å². The van der Waals surface area contributed by atoms with Gasteiger partial charge in [-0.25, -0.2) is 0 Å². The van der Waals surface area contributed by atoms with Gasteiger partial charge in [-0.15, -0.1) is 0 Å². The SMILES string of the molecule is CNC(C)Cc1cccc(Cl)c1. The summed E-state index contributed by atoms with van der Waals surface area (Å²) in [5.41, 5.74) is 1.28. The van der Waals surface area contributed by atoms with E-state index in [0.717, 1.165) is 11.4 Å². The van der Waals surface area contributed by atoms with Gasteiger partial charge in [-0.2, -0.15) is 0 Å². The van der Waals surface area contributed by atoms with Gasteiger partial charge in [0.2, 0.25) is 0 Å². The van der Waals surface area contributed by atoms with E-state index in [2.05, 4.69) is 18.3 Å². The summed E-state index contributed by atoms with van der Waals surface area (Å²) in [5, 5.41) is 4.01. The van der Waals surface area contributed by atoms with Crippen molar-refractivity contribution in [3.05, 3.63) is 34.9 Å². The number of hydrogen-bond acceptors (Lipinski definition) is 1. The summed E-state index contributed by atoms with van der Waals surface area (Å²) in [6.07, 6.45) is 1.02. The van der Waals surface area contributed by atoms with Crippen molar-refractivity contribution in [3.8, 4) is 0 Å². The lowest BCUT2D eigenvalue weighted by atomic mass is 10.1. The van der Waals surface area contributed by atoms with Crippen LogP contribution in [0.5, 0.6) is 0 Å². The van der Waals surface area contributed by atoms with Gasteiger partial charge in [0.25, 0.3) is 0 Å². The number of likely N-dealkylation sites (N-methyl/N-ethyl adjacent to an activating group) is 1. The molecule has 2 heteroatoms. The lowest BCUT2D eigenvalue weighted by molar-refractivity contribution is 0.608. The van der Waals surface area contributed by atoms with Crippen molar-refractivity contribution in [1.29, 1.82) is 0 Å². The second kappa shape index (κ2) is 4.48. The molecule has 0 aliphatic rings. The standard InChI is InChI=1S/C10H14ClN/c1-8(12-2)6-9-4-3-5-10(11)7-9/h3-5,7-8,12H,6H2,1-2H3. The van der Waals surface area contributed by atoms with Gasteiger partial charge in [0.1, 0.15) is 0 Å². The predicted molar refractivity (Wildman–Crippen MR) is 53.7 cm³/mol. The van der Waals surface area contributed by atoms with Crippen molar-refractivity contribution < 1.29 is 0 Å². The fraction of sp³-hybridized carbons (Fsp3) is 0.400. The molecular weight excluding hydrogens is 170 g/mol. The molecule has 0 aromatic heterocycles. The molecule has 1 unspecified atom stereocenters. The fourth-order valence-electron chi connectivity index (χ4n) is 1.12. The van der Waals surface area contributed by atoms with Crippen LogP contribution in [0.3, 0.4) is 0 Å². The molecule has 0 saturated heterocycles. The molecule has 12 heavy (non-hydrogen) atoms. The highest BCUT2D eigenvalue weighted by Gasteiger charge is 1.99. The number of benzene rings is 1. The molecule has 1 aromatic rings. The molecule has 1 nitrogen and oxygen atoms in total. The van der Waals surface area contributed by atoms with Gasteiger partial charge in [0.15, 0.2) is 0 Å². The third-order valence-electron chi connectivity index (χ3n) is 1.92. The summed E-state index contributed by atoms with van der Waals surface area (Å²) >= 11 is 5.85. The topological polar surface area (TPSA) is 12.0 Å². The van der Waals surface area contributed by atoms with Crippen molar-refractivity contribution in [3.63, 3.8) is 0 Å². The Bertz CT molecular complexity index is 247. The average Bonchev–Trinajstić information content (AvgIpc) is 2.04. The number of halogens is 1. The Labute approximate surface area is 78.7 Å². The van der Waals surface area contributed by atoms with Crippen molar-refractivity contribution in [2.24, 2.45) is 0 Å². The third kappa shape index (κ3) is 2.84. The Kier molecular flexibility index (Phi) is 3.57. The minimum atomic E-state index is 0.503. The van der Waals surface area contributed by atoms with Crippen molar-refractivity contribution >= 4 is 11.6 Å². The Morgan fingerprint density at radius 3 is 2.83 bits per heavy atom. The molecule has 0 spiro atoms. The minimum absolute atomic E-state index is 0.503. The Balaban J connectivity index is 2.63. The zero-order valence-electron chi connectivity index (χ0n) is 7.47.